The Morgan fingerprint density at radius 1 is 1.14 bits per heavy atom. The summed E-state index contributed by atoms with van der Waals surface area (Å²) in [4.78, 5) is 0. The lowest BCUT2D eigenvalue weighted by Crippen LogP contribution is -2.03. The zero-order valence-electron chi connectivity index (χ0n) is 8.69. The quantitative estimate of drug-likeness (QED) is 0.678. The van der Waals surface area contributed by atoms with E-state index >= 15 is 0 Å². The Hall–Kier alpha value is -0.920. The molecule has 1 aromatic rings. The predicted octanol–water partition coefficient (Wildman–Crippen LogP) is 4.26. The van der Waals surface area contributed by atoms with Crippen LogP contribution in [-0.2, 0) is 0 Å². The number of halogens is 2. The maximum absolute atomic E-state index is 13.4. The Balaban J connectivity index is 3.02. The van der Waals surface area contributed by atoms with Crippen LogP contribution in [0.1, 0.15) is 44.6 Å². The molecular formula is C12H16F2. The maximum atomic E-state index is 13.4. The van der Waals surface area contributed by atoms with Gasteiger partial charge < -0.3 is 0 Å². The fraction of sp³-hybridized carbons (Fsp3) is 0.500. The first-order chi connectivity index (χ1) is 6.70. The summed E-state index contributed by atoms with van der Waals surface area (Å²) in [6.07, 6.45) is 2.58. The Bertz CT molecular complexity index is 274. The van der Waals surface area contributed by atoms with E-state index in [1.54, 1.807) is 0 Å². The first-order valence-corrected chi connectivity index (χ1v) is 5.14. The fourth-order valence-electron chi connectivity index (χ4n) is 1.80. The topological polar surface area (TPSA) is 0 Å². The smallest absolute Gasteiger partial charge is 0.129 e. The maximum Gasteiger partial charge on any atom is 0.129 e. The van der Waals surface area contributed by atoms with Gasteiger partial charge >= 0.3 is 0 Å². The summed E-state index contributed by atoms with van der Waals surface area (Å²) < 4.78 is 26.7. The summed E-state index contributed by atoms with van der Waals surface area (Å²) in [5.41, 5.74) is 0.261. The van der Waals surface area contributed by atoms with Crippen molar-refractivity contribution in [2.45, 2.75) is 39.0 Å². The van der Waals surface area contributed by atoms with Crippen molar-refractivity contribution in [1.82, 2.24) is 0 Å². The van der Waals surface area contributed by atoms with Crippen LogP contribution in [0.15, 0.2) is 18.2 Å². The summed E-state index contributed by atoms with van der Waals surface area (Å²) in [5, 5.41) is 0. The van der Waals surface area contributed by atoms with Gasteiger partial charge in [0.15, 0.2) is 0 Å². The lowest BCUT2D eigenvalue weighted by atomic mass is 9.91. The molecular weight excluding hydrogens is 182 g/mol. The minimum Gasteiger partial charge on any atom is -0.207 e. The summed E-state index contributed by atoms with van der Waals surface area (Å²) in [6.45, 7) is 3.99. The van der Waals surface area contributed by atoms with Crippen LogP contribution in [0.5, 0.6) is 0 Å². The molecule has 1 atom stereocenters. The van der Waals surface area contributed by atoms with Crippen LogP contribution in [0.4, 0.5) is 8.78 Å². The molecule has 1 unspecified atom stereocenters. The standard InChI is InChI=1S/C12H16F2/c1-3-6-9(4-2)12-10(13)7-5-8-11(12)14/h5,7-9H,3-4,6H2,1-2H3. The highest BCUT2D eigenvalue weighted by Crippen LogP contribution is 2.28. The molecule has 0 aliphatic rings. The van der Waals surface area contributed by atoms with Crippen molar-refractivity contribution in [3.8, 4) is 0 Å². The van der Waals surface area contributed by atoms with Crippen molar-refractivity contribution in [2.24, 2.45) is 0 Å². The van der Waals surface area contributed by atoms with Crippen LogP contribution in [0.25, 0.3) is 0 Å². The summed E-state index contributed by atoms with van der Waals surface area (Å²) in [6, 6.07) is 4.07. The summed E-state index contributed by atoms with van der Waals surface area (Å²) in [7, 11) is 0. The van der Waals surface area contributed by atoms with E-state index in [9.17, 15) is 8.78 Å². The van der Waals surface area contributed by atoms with Crippen LogP contribution in [0, 0.1) is 11.6 Å². The van der Waals surface area contributed by atoms with Gasteiger partial charge in [-0.3, -0.25) is 0 Å². The van der Waals surface area contributed by atoms with E-state index in [1.807, 2.05) is 13.8 Å². The molecule has 0 heterocycles. The third kappa shape index (κ3) is 2.31. The van der Waals surface area contributed by atoms with E-state index < -0.39 is 11.6 Å². The third-order valence-corrected chi connectivity index (χ3v) is 2.54. The van der Waals surface area contributed by atoms with Crippen LogP contribution in [-0.4, -0.2) is 0 Å². The molecule has 0 bridgehead atoms. The molecule has 0 nitrogen and oxygen atoms in total. The molecule has 0 radical (unpaired) electrons. The van der Waals surface area contributed by atoms with Crippen LogP contribution in [0.3, 0.4) is 0 Å². The van der Waals surface area contributed by atoms with Gasteiger partial charge in [-0.15, -0.1) is 0 Å². The molecule has 0 amide bonds. The van der Waals surface area contributed by atoms with Gasteiger partial charge in [-0.2, -0.15) is 0 Å². The van der Waals surface area contributed by atoms with E-state index in [1.165, 1.54) is 18.2 Å². The first-order valence-electron chi connectivity index (χ1n) is 5.14. The Morgan fingerprint density at radius 3 is 2.14 bits per heavy atom. The molecule has 0 saturated carbocycles. The number of rotatable bonds is 4. The molecule has 0 saturated heterocycles. The molecule has 1 rings (SSSR count). The van der Waals surface area contributed by atoms with E-state index in [-0.39, 0.29) is 11.5 Å². The molecule has 78 valence electrons. The van der Waals surface area contributed by atoms with Crippen molar-refractivity contribution in [3.05, 3.63) is 35.4 Å². The zero-order valence-corrected chi connectivity index (χ0v) is 8.69. The first kappa shape index (κ1) is 11.2. The minimum absolute atomic E-state index is 0.0150. The lowest BCUT2D eigenvalue weighted by molar-refractivity contribution is 0.495. The van der Waals surface area contributed by atoms with E-state index in [0.29, 0.717) is 0 Å². The zero-order chi connectivity index (χ0) is 10.6. The summed E-state index contributed by atoms with van der Waals surface area (Å²) >= 11 is 0. The van der Waals surface area contributed by atoms with E-state index in [0.717, 1.165) is 19.3 Å². The van der Waals surface area contributed by atoms with Crippen LogP contribution >= 0.6 is 0 Å². The van der Waals surface area contributed by atoms with Gasteiger partial charge in [-0.25, -0.2) is 8.78 Å². The van der Waals surface area contributed by atoms with Gasteiger partial charge in [-0.1, -0.05) is 26.3 Å². The number of benzene rings is 1. The molecule has 0 aliphatic heterocycles. The largest absolute Gasteiger partial charge is 0.207 e. The Kier molecular flexibility index (Phi) is 4.05. The highest BCUT2D eigenvalue weighted by atomic mass is 19.1. The average Bonchev–Trinajstić information content (AvgIpc) is 2.16. The van der Waals surface area contributed by atoms with E-state index in [4.69, 9.17) is 0 Å². The van der Waals surface area contributed by atoms with Crippen molar-refractivity contribution in [1.29, 1.82) is 0 Å². The molecule has 0 aliphatic carbocycles. The second-order valence-electron chi connectivity index (χ2n) is 3.53. The van der Waals surface area contributed by atoms with Crippen LogP contribution in [0.2, 0.25) is 0 Å². The van der Waals surface area contributed by atoms with Gasteiger partial charge in [0.1, 0.15) is 11.6 Å². The molecule has 2 heteroatoms. The second-order valence-corrected chi connectivity index (χ2v) is 3.53. The van der Waals surface area contributed by atoms with Gasteiger partial charge in [0, 0.05) is 5.56 Å². The lowest BCUT2D eigenvalue weighted by Gasteiger charge is -2.15. The fourth-order valence-corrected chi connectivity index (χ4v) is 1.80. The minimum atomic E-state index is -0.412. The van der Waals surface area contributed by atoms with Crippen LogP contribution < -0.4 is 0 Å². The highest BCUT2D eigenvalue weighted by molar-refractivity contribution is 5.23. The van der Waals surface area contributed by atoms with Crippen molar-refractivity contribution in [3.63, 3.8) is 0 Å². The SMILES string of the molecule is CCCC(CC)c1c(F)cccc1F. The van der Waals surface area contributed by atoms with Gasteiger partial charge in [0.05, 0.1) is 0 Å². The Labute approximate surface area is 84.0 Å². The number of hydrogen-bond acceptors (Lipinski definition) is 0. The highest BCUT2D eigenvalue weighted by Gasteiger charge is 2.17. The van der Waals surface area contributed by atoms with Gasteiger partial charge in [0.25, 0.3) is 0 Å². The molecule has 0 fully saturated rings. The molecule has 1 aromatic carbocycles. The predicted molar refractivity (Wildman–Crippen MR) is 54.3 cm³/mol. The summed E-state index contributed by atoms with van der Waals surface area (Å²) in [5.74, 6) is -0.809. The van der Waals surface area contributed by atoms with E-state index in [2.05, 4.69) is 0 Å². The number of hydrogen-bond donors (Lipinski definition) is 0. The van der Waals surface area contributed by atoms with Crippen molar-refractivity contribution in [2.75, 3.05) is 0 Å². The van der Waals surface area contributed by atoms with Gasteiger partial charge in [0.2, 0.25) is 0 Å². The third-order valence-electron chi connectivity index (χ3n) is 2.54. The average molecular weight is 198 g/mol. The molecule has 0 N–H and O–H groups in total. The monoisotopic (exact) mass is 198 g/mol. The Morgan fingerprint density at radius 2 is 1.71 bits per heavy atom. The normalized spacial score (nSPS) is 12.9. The second kappa shape index (κ2) is 5.08. The molecule has 0 aromatic heterocycles. The van der Waals surface area contributed by atoms with Crippen molar-refractivity contribution >= 4 is 0 Å². The molecule has 0 spiro atoms. The molecule has 14 heavy (non-hydrogen) atoms. The van der Waals surface area contributed by atoms with Crippen molar-refractivity contribution < 1.29 is 8.78 Å². The van der Waals surface area contributed by atoms with Gasteiger partial charge in [-0.05, 0) is 30.9 Å².